The smallest absolute Gasteiger partial charge is 0.253 e. The van der Waals surface area contributed by atoms with Gasteiger partial charge in [-0.2, -0.15) is 0 Å². The highest BCUT2D eigenvalue weighted by Gasteiger charge is 2.14. The summed E-state index contributed by atoms with van der Waals surface area (Å²) in [5, 5.41) is 0.972. The molecule has 0 amide bonds. The van der Waals surface area contributed by atoms with Crippen molar-refractivity contribution in [3.63, 3.8) is 0 Å². The zero-order chi connectivity index (χ0) is 17.2. The van der Waals surface area contributed by atoms with Crippen LogP contribution in [-0.2, 0) is 6.54 Å². The lowest BCUT2D eigenvalue weighted by molar-refractivity contribution is 0.103. The van der Waals surface area contributed by atoms with Gasteiger partial charge in [0.2, 0.25) is 5.78 Å². The normalized spacial score (nSPS) is 10.9. The van der Waals surface area contributed by atoms with E-state index in [1.165, 1.54) is 0 Å². The molecule has 0 unspecified atom stereocenters. The van der Waals surface area contributed by atoms with Crippen LogP contribution in [0.2, 0.25) is 0 Å². The number of para-hydroxylation sites is 1. The number of ketones is 1. The molecule has 0 aliphatic carbocycles. The van der Waals surface area contributed by atoms with Crippen LogP contribution in [0, 0.1) is 0 Å². The summed E-state index contributed by atoms with van der Waals surface area (Å²) < 4.78 is 1.81. The zero-order valence-corrected chi connectivity index (χ0v) is 13.5. The van der Waals surface area contributed by atoms with Gasteiger partial charge in [0, 0.05) is 22.8 Å². The van der Waals surface area contributed by atoms with Crippen molar-refractivity contribution < 1.29 is 4.79 Å². The molecule has 0 aliphatic heterocycles. The maximum atomic E-state index is 12.7. The molecule has 4 heteroatoms. The summed E-state index contributed by atoms with van der Waals surface area (Å²) in [4.78, 5) is 28.0. The van der Waals surface area contributed by atoms with Crippen molar-refractivity contribution >= 4 is 16.7 Å². The van der Waals surface area contributed by atoms with Crippen molar-refractivity contribution in [1.82, 2.24) is 9.55 Å². The molecule has 0 saturated heterocycles. The van der Waals surface area contributed by atoms with Crippen LogP contribution >= 0.6 is 0 Å². The van der Waals surface area contributed by atoms with Crippen molar-refractivity contribution in [2.75, 3.05) is 0 Å². The van der Waals surface area contributed by atoms with Crippen molar-refractivity contribution in [1.29, 1.82) is 0 Å². The molecule has 0 saturated carbocycles. The Balaban J connectivity index is 1.71. The number of fused-ring (bicyclic) bond motifs is 1. The molecule has 122 valence electrons. The van der Waals surface area contributed by atoms with Crippen LogP contribution in [0.15, 0.2) is 83.8 Å². The van der Waals surface area contributed by atoms with E-state index in [9.17, 15) is 9.59 Å². The second kappa shape index (κ2) is 6.24. The zero-order valence-electron chi connectivity index (χ0n) is 13.5. The van der Waals surface area contributed by atoms with Gasteiger partial charge in [-0.1, -0.05) is 48.5 Å². The molecular weight excluding hydrogens is 312 g/mol. The molecule has 4 rings (SSSR count). The van der Waals surface area contributed by atoms with Crippen LogP contribution < -0.4 is 5.56 Å². The lowest BCUT2D eigenvalue weighted by Gasteiger charge is -2.09. The van der Waals surface area contributed by atoms with Gasteiger partial charge in [-0.05, 0) is 29.7 Å². The molecule has 0 atom stereocenters. The fourth-order valence-corrected chi connectivity index (χ4v) is 2.99. The highest BCUT2D eigenvalue weighted by molar-refractivity contribution is 6.08. The molecular formula is C21H16N2O2. The van der Waals surface area contributed by atoms with E-state index in [-0.39, 0.29) is 11.3 Å². The first kappa shape index (κ1) is 15.1. The summed E-state index contributed by atoms with van der Waals surface area (Å²) in [6.45, 7) is 0.348. The van der Waals surface area contributed by atoms with Crippen LogP contribution in [0.25, 0.3) is 10.9 Å². The van der Waals surface area contributed by atoms with E-state index in [2.05, 4.69) is 4.98 Å². The standard InChI is InChI=1S/C21H16N2O2/c24-20(15-7-2-1-3-8-15)19-11-6-12-23(19)14-17-13-16-9-4-5-10-18(16)22-21(17)25/h1-13H,14H2,(H,22,25). The van der Waals surface area contributed by atoms with Crippen LogP contribution in [0.4, 0.5) is 0 Å². The molecule has 0 radical (unpaired) electrons. The fraction of sp³-hybridized carbons (Fsp3) is 0.0476. The minimum atomic E-state index is -0.134. The molecule has 2 heterocycles. The number of aromatic nitrogens is 2. The molecule has 4 aromatic rings. The van der Waals surface area contributed by atoms with Gasteiger partial charge in [-0.25, -0.2) is 0 Å². The number of benzene rings is 2. The van der Waals surface area contributed by atoms with Crippen LogP contribution in [0.3, 0.4) is 0 Å². The third kappa shape index (κ3) is 2.90. The largest absolute Gasteiger partial charge is 0.340 e. The number of nitrogens with zero attached hydrogens (tertiary/aromatic N) is 1. The number of aromatic amines is 1. The van der Waals surface area contributed by atoms with Crippen molar-refractivity contribution in [2.45, 2.75) is 6.54 Å². The first-order chi connectivity index (χ1) is 12.2. The lowest BCUT2D eigenvalue weighted by Crippen LogP contribution is -2.18. The van der Waals surface area contributed by atoms with E-state index in [0.29, 0.717) is 23.4 Å². The Morgan fingerprint density at radius 3 is 2.52 bits per heavy atom. The molecule has 0 fully saturated rings. The second-order valence-corrected chi connectivity index (χ2v) is 5.93. The van der Waals surface area contributed by atoms with Crippen LogP contribution in [0.5, 0.6) is 0 Å². The molecule has 1 N–H and O–H groups in total. The Kier molecular flexibility index (Phi) is 3.78. The predicted octanol–water partition coefficient (Wildman–Crippen LogP) is 3.61. The Morgan fingerprint density at radius 1 is 0.920 bits per heavy atom. The minimum absolute atomic E-state index is 0.0529. The molecule has 0 spiro atoms. The number of rotatable bonds is 4. The fourth-order valence-electron chi connectivity index (χ4n) is 2.99. The van der Waals surface area contributed by atoms with E-state index < -0.39 is 0 Å². The lowest BCUT2D eigenvalue weighted by atomic mass is 10.1. The van der Waals surface area contributed by atoms with Crippen LogP contribution in [0.1, 0.15) is 21.6 Å². The third-order valence-electron chi connectivity index (χ3n) is 4.27. The van der Waals surface area contributed by atoms with E-state index in [1.807, 2.05) is 65.4 Å². The summed E-state index contributed by atoms with van der Waals surface area (Å²) in [5.74, 6) is -0.0529. The quantitative estimate of drug-likeness (QED) is 0.582. The summed E-state index contributed by atoms with van der Waals surface area (Å²) >= 11 is 0. The summed E-state index contributed by atoms with van der Waals surface area (Å²) in [6, 6.07) is 22.3. The van der Waals surface area contributed by atoms with E-state index >= 15 is 0 Å². The average molecular weight is 328 g/mol. The van der Waals surface area contributed by atoms with Gasteiger partial charge in [-0.15, -0.1) is 0 Å². The molecule has 0 bridgehead atoms. The Morgan fingerprint density at radius 2 is 1.68 bits per heavy atom. The molecule has 4 nitrogen and oxygen atoms in total. The Bertz CT molecular complexity index is 1110. The number of carbonyl (C=O) groups excluding carboxylic acids is 1. The SMILES string of the molecule is O=C(c1ccccc1)c1cccn1Cc1cc2ccccc2[nH]c1=O. The van der Waals surface area contributed by atoms with Gasteiger partial charge in [0.15, 0.2) is 0 Å². The monoisotopic (exact) mass is 328 g/mol. The number of H-pyrrole nitrogens is 1. The molecule has 2 aromatic heterocycles. The predicted molar refractivity (Wildman–Crippen MR) is 98.0 cm³/mol. The third-order valence-corrected chi connectivity index (χ3v) is 4.27. The summed E-state index contributed by atoms with van der Waals surface area (Å²) in [6.07, 6.45) is 1.82. The van der Waals surface area contributed by atoms with E-state index in [0.717, 1.165) is 10.9 Å². The summed E-state index contributed by atoms with van der Waals surface area (Å²) in [5.41, 5.74) is 2.50. The Labute approximate surface area is 144 Å². The molecule has 25 heavy (non-hydrogen) atoms. The first-order valence-electron chi connectivity index (χ1n) is 8.08. The number of hydrogen-bond acceptors (Lipinski definition) is 2. The van der Waals surface area contributed by atoms with Gasteiger partial charge in [0.05, 0.1) is 12.2 Å². The second-order valence-electron chi connectivity index (χ2n) is 5.93. The van der Waals surface area contributed by atoms with Crippen molar-refractivity contribution in [3.8, 4) is 0 Å². The number of nitrogens with one attached hydrogen (secondary N) is 1. The highest BCUT2D eigenvalue weighted by Crippen LogP contribution is 2.14. The van der Waals surface area contributed by atoms with Gasteiger partial charge in [0.1, 0.15) is 0 Å². The molecule has 0 aliphatic rings. The number of pyridine rings is 1. The summed E-state index contributed by atoms with van der Waals surface area (Å²) in [7, 11) is 0. The van der Waals surface area contributed by atoms with Gasteiger partial charge in [-0.3, -0.25) is 9.59 Å². The topological polar surface area (TPSA) is 54.9 Å². The van der Waals surface area contributed by atoms with Crippen LogP contribution in [-0.4, -0.2) is 15.3 Å². The maximum absolute atomic E-state index is 12.7. The van der Waals surface area contributed by atoms with Crippen molar-refractivity contribution in [2.24, 2.45) is 0 Å². The number of carbonyl (C=O) groups is 1. The van der Waals surface area contributed by atoms with Gasteiger partial charge >= 0.3 is 0 Å². The van der Waals surface area contributed by atoms with Crippen molar-refractivity contribution in [3.05, 3.63) is 106 Å². The van der Waals surface area contributed by atoms with Gasteiger partial charge < -0.3 is 9.55 Å². The Hall–Kier alpha value is -3.40. The minimum Gasteiger partial charge on any atom is -0.340 e. The average Bonchev–Trinajstić information content (AvgIpc) is 3.10. The first-order valence-corrected chi connectivity index (χ1v) is 8.08. The van der Waals surface area contributed by atoms with E-state index in [4.69, 9.17) is 0 Å². The molecule has 2 aromatic carbocycles. The van der Waals surface area contributed by atoms with E-state index in [1.54, 1.807) is 18.2 Å². The highest BCUT2D eigenvalue weighted by atomic mass is 16.1. The van der Waals surface area contributed by atoms with Gasteiger partial charge in [0.25, 0.3) is 5.56 Å². The maximum Gasteiger partial charge on any atom is 0.253 e. The number of hydrogen-bond donors (Lipinski definition) is 1.